The number of carbonyl (C=O) groups is 1. The molecule has 1 amide bonds. The zero-order chi connectivity index (χ0) is 20.9. The van der Waals surface area contributed by atoms with Crippen molar-refractivity contribution in [3.05, 3.63) is 71.5 Å². The van der Waals surface area contributed by atoms with Crippen molar-refractivity contribution in [1.82, 2.24) is 15.4 Å². The van der Waals surface area contributed by atoms with Crippen LogP contribution in [0.2, 0.25) is 0 Å². The third-order valence-electron chi connectivity index (χ3n) is 5.67. The van der Waals surface area contributed by atoms with Crippen LogP contribution in [0.5, 0.6) is 5.75 Å². The van der Waals surface area contributed by atoms with Crippen LogP contribution in [0.3, 0.4) is 0 Å². The first-order valence-electron chi connectivity index (χ1n) is 10.3. The van der Waals surface area contributed by atoms with Gasteiger partial charge in [0.2, 0.25) is 0 Å². The number of hydrogen-bond donors (Lipinski definition) is 1. The summed E-state index contributed by atoms with van der Waals surface area (Å²) in [7, 11) is 1.67. The van der Waals surface area contributed by atoms with Crippen LogP contribution < -0.4 is 10.1 Å². The van der Waals surface area contributed by atoms with E-state index in [9.17, 15) is 4.79 Å². The van der Waals surface area contributed by atoms with Crippen LogP contribution >= 0.6 is 0 Å². The molecule has 1 N–H and O–H groups in total. The molecule has 0 spiro atoms. The maximum atomic E-state index is 13.1. The van der Waals surface area contributed by atoms with Gasteiger partial charge in [0.15, 0.2) is 0 Å². The van der Waals surface area contributed by atoms with Gasteiger partial charge in [0.25, 0.3) is 5.91 Å². The van der Waals surface area contributed by atoms with Crippen molar-refractivity contribution in [3.63, 3.8) is 0 Å². The molecule has 6 heteroatoms. The number of carbonyl (C=O) groups excluding carboxylic acids is 1. The number of amides is 1. The van der Waals surface area contributed by atoms with E-state index in [0.717, 1.165) is 24.4 Å². The van der Waals surface area contributed by atoms with Crippen LogP contribution in [0.25, 0.3) is 11.3 Å². The monoisotopic (exact) mass is 405 g/mol. The molecule has 3 aromatic rings. The fourth-order valence-electron chi connectivity index (χ4n) is 4.05. The Morgan fingerprint density at radius 2 is 1.83 bits per heavy atom. The van der Waals surface area contributed by atoms with Crippen LogP contribution in [0, 0.1) is 6.92 Å². The van der Waals surface area contributed by atoms with Crippen molar-refractivity contribution in [2.45, 2.75) is 25.8 Å². The largest absolute Gasteiger partial charge is 0.497 e. The first-order chi connectivity index (χ1) is 14.7. The minimum Gasteiger partial charge on any atom is -0.497 e. The molecule has 156 valence electrons. The molecular weight excluding hydrogens is 378 g/mol. The molecule has 6 nitrogen and oxygen atoms in total. The summed E-state index contributed by atoms with van der Waals surface area (Å²) < 4.78 is 10.6. The molecule has 0 saturated carbocycles. The summed E-state index contributed by atoms with van der Waals surface area (Å²) in [4.78, 5) is 15.6. The third-order valence-corrected chi connectivity index (χ3v) is 5.67. The maximum absolute atomic E-state index is 13.1. The number of nitrogens with one attached hydrogen (secondary N) is 1. The molecule has 30 heavy (non-hydrogen) atoms. The summed E-state index contributed by atoms with van der Waals surface area (Å²) in [5.74, 6) is 1.19. The fourth-order valence-corrected chi connectivity index (χ4v) is 4.05. The first kappa shape index (κ1) is 20.2. The normalized spacial score (nSPS) is 15.1. The Morgan fingerprint density at radius 1 is 1.13 bits per heavy atom. The van der Waals surface area contributed by atoms with Gasteiger partial charge in [0.1, 0.15) is 22.8 Å². The second-order valence-electron chi connectivity index (χ2n) is 7.57. The summed E-state index contributed by atoms with van der Waals surface area (Å²) >= 11 is 0. The lowest BCUT2D eigenvalue weighted by Gasteiger charge is -2.28. The number of benzene rings is 2. The summed E-state index contributed by atoms with van der Waals surface area (Å²) in [6.07, 6.45) is 2.37. The molecule has 0 aliphatic carbocycles. The number of hydrogen-bond acceptors (Lipinski definition) is 5. The van der Waals surface area contributed by atoms with Crippen LogP contribution in [0.4, 0.5) is 0 Å². The summed E-state index contributed by atoms with van der Waals surface area (Å²) in [5.41, 5.74) is 3.11. The average Bonchev–Trinajstić information content (AvgIpc) is 3.45. The van der Waals surface area contributed by atoms with Crippen molar-refractivity contribution < 1.29 is 14.1 Å². The van der Waals surface area contributed by atoms with Gasteiger partial charge in [-0.1, -0.05) is 47.6 Å². The highest BCUT2D eigenvalue weighted by Gasteiger charge is 2.26. The zero-order valence-electron chi connectivity index (χ0n) is 17.4. The number of nitrogens with zero attached hydrogens (tertiary/aromatic N) is 2. The molecule has 0 unspecified atom stereocenters. The third kappa shape index (κ3) is 4.24. The predicted octanol–water partition coefficient (Wildman–Crippen LogP) is 4.23. The molecule has 2 aromatic carbocycles. The van der Waals surface area contributed by atoms with Gasteiger partial charge < -0.3 is 14.6 Å². The number of rotatable bonds is 7. The van der Waals surface area contributed by atoms with E-state index in [0.29, 0.717) is 23.6 Å². The van der Waals surface area contributed by atoms with Gasteiger partial charge in [-0.25, -0.2) is 0 Å². The molecule has 1 fully saturated rings. The van der Waals surface area contributed by atoms with Gasteiger partial charge in [-0.05, 0) is 50.6 Å². The van der Waals surface area contributed by atoms with E-state index in [1.165, 1.54) is 18.4 Å². The van der Waals surface area contributed by atoms with Crippen LogP contribution in [0.1, 0.15) is 40.6 Å². The van der Waals surface area contributed by atoms with Gasteiger partial charge >= 0.3 is 0 Å². The highest BCUT2D eigenvalue weighted by Crippen LogP contribution is 2.28. The Bertz CT molecular complexity index is 977. The van der Waals surface area contributed by atoms with Crippen molar-refractivity contribution in [3.8, 4) is 17.0 Å². The summed E-state index contributed by atoms with van der Waals surface area (Å²) in [6, 6.07) is 17.9. The lowest BCUT2D eigenvalue weighted by Crippen LogP contribution is -2.37. The van der Waals surface area contributed by atoms with E-state index in [1.807, 2.05) is 42.5 Å². The van der Waals surface area contributed by atoms with Crippen LogP contribution in [-0.2, 0) is 0 Å². The number of methoxy groups -OCH3 is 1. The number of ether oxygens (including phenoxy) is 1. The first-order valence-corrected chi connectivity index (χ1v) is 10.3. The van der Waals surface area contributed by atoms with E-state index in [1.54, 1.807) is 14.0 Å². The second kappa shape index (κ2) is 9.13. The van der Waals surface area contributed by atoms with Crippen molar-refractivity contribution in [1.29, 1.82) is 0 Å². The second-order valence-corrected chi connectivity index (χ2v) is 7.57. The van der Waals surface area contributed by atoms with Crippen molar-refractivity contribution >= 4 is 5.91 Å². The van der Waals surface area contributed by atoms with E-state index < -0.39 is 0 Å². The highest BCUT2D eigenvalue weighted by molar-refractivity contribution is 6.00. The van der Waals surface area contributed by atoms with Crippen molar-refractivity contribution in [2.75, 3.05) is 26.7 Å². The Morgan fingerprint density at radius 3 is 2.50 bits per heavy atom. The van der Waals surface area contributed by atoms with E-state index in [2.05, 4.69) is 27.5 Å². The molecule has 1 aromatic heterocycles. The molecule has 1 atom stereocenters. The number of aromatic nitrogens is 1. The molecule has 0 bridgehead atoms. The van der Waals surface area contributed by atoms with E-state index >= 15 is 0 Å². The zero-order valence-corrected chi connectivity index (χ0v) is 17.4. The Labute approximate surface area is 176 Å². The SMILES string of the molecule is COc1ccc([C@H](CNC(=O)c2c(-c3ccccc3)noc2C)N2CCCC2)cc1. The number of aryl methyl sites for hydroxylation is 1. The highest BCUT2D eigenvalue weighted by atomic mass is 16.5. The minimum absolute atomic E-state index is 0.114. The average molecular weight is 405 g/mol. The fraction of sp³-hybridized carbons (Fsp3) is 0.333. The Kier molecular flexibility index (Phi) is 6.14. The summed E-state index contributed by atoms with van der Waals surface area (Å²) in [6.45, 7) is 4.36. The van der Waals surface area contributed by atoms with Gasteiger partial charge in [-0.2, -0.15) is 0 Å². The topological polar surface area (TPSA) is 67.6 Å². The number of likely N-dealkylation sites (tertiary alicyclic amines) is 1. The summed E-state index contributed by atoms with van der Waals surface area (Å²) in [5, 5.41) is 7.26. The lowest BCUT2D eigenvalue weighted by molar-refractivity contribution is 0.0937. The standard InChI is InChI=1S/C24H27N3O3/c1-17-22(23(26-30-17)19-8-4-3-5-9-19)24(28)25-16-21(27-14-6-7-15-27)18-10-12-20(29-2)13-11-18/h3-5,8-13,21H,6-7,14-16H2,1-2H3,(H,25,28)/t21-/m0/s1. The molecule has 1 saturated heterocycles. The van der Waals surface area contributed by atoms with Gasteiger partial charge in [0.05, 0.1) is 13.2 Å². The lowest BCUT2D eigenvalue weighted by atomic mass is 10.0. The predicted molar refractivity (Wildman–Crippen MR) is 116 cm³/mol. The maximum Gasteiger partial charge on any atom is 0.257 e. The molecule has 2 heterocycles. The molecule has 4 rings (SSSR count). The molecular formula is C24H27N3O3. The van der Waals surface area contributed by atoms with Crippen LogP contribution in [0.15, 0.2) is 59.1 Å². The van der Waals surface area contributed by atoms with Gasteiger partial charge in [-0.3, -0.25) is 9.69 Å². The Hall–Kier alpha value is -3.12. The van der Waals surface area contributed by atoms with Gasteiger partial charge in [0, 0.05) is 12.1 Å². The quantitative estimate of drug-likeness (QED) is 0.637. The molecule has 1 aliphatic heterocycles. The minimum atomic E-state index is -0.162. The smallest absolute Gasteiger partial charge is 0.257 e. The van der Waals surface area contributed by atoms with Crippen molar-refractivity contribution in [2.24, 2.45) is 0 Å². The van der Waals surface area contributed by atoms with E-state index in [-0.39, 0.29) is 11.9 Å². The van der Waals surface area contributed by atoms with E-state index in [4.69, 9.17) is 9.26 Å². The molecule has 1 aliphatic rings. The van der Waals surface area contributed by atoms with Crippen LogP contribution in [-0.4, -0.2) is 42.7 Å². The molecule has 0 radical (unpaired) electrons. The Balaban J connectivity index is 1.54. The van der Waals surface area contributed by atoms with Gasteiger partial charge in [-0.15, -0.1) is 0 Å².